The number of fused-ring (bicyclic) bond motifs is 1. The highest BCUT2D eigenvalue weighted by atomic mass is 19.4. The second-order valence-electron chi connectivity index (χ2n) is 9.84. The maximum Gasteiger partial charge on any atom is 0.573 e. The van der Waals surface area contributed by atoms with Crippen LogP contribution in [0.25, 0.3) is 10.9 Å². The third-order valence-electron chi connectivity index (χ3n) is 7.31. The first-order valence-electron chi connectivity index (χ1n) is 11.4. The quantitative estimate of drug-likeness (QED) is 0.317. The monoisotopic (exact) mass is 489 g/mol. The minimum absolute atomic E-state index is 0.0638. The van der Waals surface area contributed by atoms with Gasteiger partial charge in [-0.2, -0.15) is 0 Å². The highest BCUT2D eigenvalue weighted by Crippen LogP contribution is 2.62. The third kappa shape index (κ3) is 4.63. The van der Waals surface area contributed by atoms with Gasteiger partial charge in [-0.05, 0) is 72.9 Å². The normalized spacial score (nSPS) is 23.7. The average molecular weight is 489 g/mol. The molecule has 1 heterocycles. The van der Waals surface area contributed by atoms with Crippen LogP contribution < -0.4 is 4.74 Å². The fourth-order valence-corrected chi connectivity index (χ4v) is 5.82. The SMILES string of the molecule is O=C(CC1CC2(C1)CC(C(=O)O)C2)c1ccc(F)c2ccn(Cc3ccc(OC(F)(F)F)cc3)c12. The van der Waals surface area contributed by atoms with Crippen molar-refractivity contribution in [1.82, 2.24) is 4.57 Å². The predicted octanol–water partition coefficient (Wildman–Crippen LogP) is 6.19. The van der Waals surface area contributed by atoms with Gasteiger partial charge in [-0.15, -0.1) is 13.2 Å². The maximum absolute atomic E-state index is 14.5. The molecule has 5 nitrogen and oxygen atoms in total. The lowest BCUT2D eigenvalue weighted by molar-refractivity contribution is -0.274. The number of carboxylic acids is 1. The van der Waals surface area contributed by atoms with Crippen LogP contribution in [-0.2, 0) is 11.3 Å². The van der Waals surface area contributed by atoms with E-state index in [0.29, 0.717) is 41.3 Å². The average Bonchev–Trinajstić information content (AvgIpc) is 3.13. The largest absolute Gasteiger partial charge is 0.573 e. The van der Waals surface area contributed by atoms with E-state index in [2.05, 4.69) is 4.74 Å². The molecule has 3 aromatic rings. The van der Waals surface area contributed by atoms with E-state index in [1.54, 1.807) is 16.8 Å². The number of ketones is 1. The van der Waals surface area contributed by atoms with Crippen molar-refractivity contribution in [2.24, 2.45) is 17.3 Å². The lowest BCUT2D eigenvalue weighted by atomic mass is 9.47. The third-order valence-corrected chi connectivity index (χ3v) is 7.31. The number of ether oxygens (including phenoxy) is 1. The van der Waals surface area contributed by atoms with Gasteiger partial charge in [-0.25, -0.2) is 4.39 Å². The van der Waals surface area contributed by atoms with Gasteiger partial charge in [0.1, 0.15) is 11.6 Å². The van der Waals surface area contributed by atoms with Crippen LogP contribution in [-0.4, -0.2) is 27.8 Å². The molecule has 0 bridgehead atoms. The molecule has 2 aliphatic carbocycles. The van der Waals surface area contributed by atoms with Crippen LogP contribution in [0.2, 0.25) is 0 Å². The molecule has 0 radical (unpaired) electrons. The summed E-state index contributed by atoms with van der Waals surface area (Å²) in [6.07, 6.45) is 0.202. The first-order chi connectivity index (χ1) is 16.5. The van der Waals surface area contributed by atoms with Gasteiger partial charge in [0, 0.05) is 30.1 Å². The molecular formula is C26H23F4NO4. The van der Waals surface area contributed by atoms with Gasteiger partial charge in [0.2, 0.25) is 0 Å². The first-order valence-corrected chi connectivity index (χ1v) is 11.4. The second-order valence-corrected chi connectivity index (χ2v) is 9.84. The molecule has 35 heavy (non-hydrogen) atoms. The first kappa shape index (κ1) is 23.4. The van der Waals surface area contributed by atoms with Crippen molar-refractivity contribution in [1.29, 1.82) is 0 Å². The van der Waals surface area contributed by atoms with Crippen molar-refractivity contribution in [2.75, 3.05) is 0 Å². The summed E-state index contributed by atoms with van der Waals surface area (Å²) in [6.45, 7) is 0.239. The highest BCUT2D eigenvalue weighted by Gasteiger charge is 2.54. The molecule has 2 aromatic carbocycles. The van der Waals surface area contributed by atoms with Gasteiger partial charge in [-0.1, -0.05) is 12.1 Å². The van der Waals surface area contributed by atoms with Gasteiger partial charge < -0.3 is 14.4 Å². The summed E-state index contributed by atoms with van der Waals surface area (Å²) < 4.78 is 57.3. The molecule has 5 rings (SSSR count). The molecule has 0 aliphatic heterocycles. The topological polar surface area (TPSA) is 68.5 Å². The number of aromatic nitrogens is 1. The number of alkyl halides is 3. The summed E-state index contributed by atoms with van der Waals surface area (Å²) >= 11 is 0. The van der Waals surface area contributed by atoms with Crippen molar-refractivity contribution in [3.8, 4) is 5.75 Å². The molecule has 1 spiro atoms. The van der Waals surface area contributed by atoms with Crippen LogP contribution in [0.1, 0.15) is 48.0 Å². The number of benzene rings is 2. The van der Waals surface area contributed by atoms with Crippen molar-refractivity contribution in [2.45, 2.75) is 45.0 Å². The van der Waals surface area contributed by atoms with E-state index in [9.17, 15) is 27.2 Å². The molecular weight excluding hydrogens is 466 g/mol. The van der Waals surface area contributed by atoms with Crippen LogP contribution in [0.5, 0.6) is 5.75 Å². The van der Waals surface area contributed by atoms with Crippen LogP contribution in [0, 0.1) is 23.1 Å². The number of hydrogen-bond acceptors (Lipinski definition) is 3. The van der Waals surface area contributed by atoms with Gasteiger partial charge in [-0.3, -0.25) is 9.59 Å². The lowest BCUT2D eigenvalue weighted by Gasteiger charge is -2.56. The Morgan fingerprint density at radius 3 is 2.34 bits per heavy atom. The number of Topliss-reactive ketones (excluding diaryl/α,β-unsaturated/α-hetero) is 1. The van der Waals surface area contributed by atoms with Crippen molar-refractivity contribution < 1.29 is 37.0 Å². The zero-order chi connectivity index (χ0) is 25.0. The Balaban J connectivity index is 1.31. The number of nitrogens with zero attached hydrogens (tertiary/aromatic N) is 1. The lowest BCUT2D eigenvalue weighted by Crippen LogP contribution is -2.50. The standard InChI is InChI=1S/C26H23F4NO4/c27-21-6-5-20(22(32)9-16-10-25(11-16)12-17(13-25)24(33)34)23-19(21)7-8-31(23)14-15-1-3-18(4-2-15)35-26(28,29)30/h1-8,16-17H,9-14H2,(H,33,34). The molecule has 0 amide bonds. The molecule has 2 aliphatic rings. The summed E-state index contributed by atoms with van der Waals surface area (Å²) in [5, 5.41) is 9.41. The van der Waals surface area contributed by atoms with E-state index in [-0.39, 0.29) is 35.3 Å². The predicted molar refractivity (Wildman–Crippen MR) is 119 cm³/mol. The maximum atomic E-state index is 14.5. The molecule has 0 unspecified atom stereocenters. The minimum atomic E-state index is -4.78. The Hall–Kier alpha value is -3.36. The number of halogens is 4. The molecule has 184 valence electrons. The minimum Gasteiger partial charge on any atom is -0.481 e. The zero-order valence-electron chi connectivity index (χ0n) is 18.6. The summed E-state index contributed by atoms with van der Waals surface area (Å²) in [4.78, 5) is 24.3. The Morgan fingerprint density at radius 1 is 1.03 bits per heavy atom. The summed E-state index contributed by atoms with van der Waals surface area (Å²) in [5.74, 6) is -1.74. The van der Waals surface area contributed by atoms with Crippen molar-refractivity contribution >= 4 is 22.7 Å². The molecule has 0 atom stereocenters. The summed E-state index contributed by atoms with van der Waals surface area (Å²) in [5.41, 5.74) is 1.59. The Labute approximate surface area is 198 Å². The van der Waals surface area contributed by atoms with Gasteiger partial charge in [0.05, 0.1) is 11.4 Å². The summed E-state index contributed by atoms with van der Waals surface area (Å²) in [6, 6.07) is 9.74. The number of rotatable bonds is 7. The number of carbonyl (C=O) groups excluding carboxylic acids is 1. The van der Waals surface area contributed by atoms with Crippen LogP contribution in [0.3, 0.4) is 0 Å². The van der Waals surface area contributed by atoms with Gasteiger partial charge in [0.25, 0.3) is 0 Å². The van der Waals surface area contributed by atoms with E-state index < -0.39 is 18.1 Å². The molecule has 9 heteroatoms. The Morgan fingerprint density at radius 2 is 1.71 bits per heavy atom. The molecule has 2 saturated carbocycles. The highest BCUT2D eigenvalue weighted by molar-refractivity contribution is 6.07. The van der Waals surface area contributed by atoms with Gasteiger partial charge in [0.15, 0.2) is 5.78 Å². The fourth-order valence-electron chi connectivity index (χ4n) is 5.82. The number of aliphatic carboxylic acids is 1. The fraction of sp³-hybridized carbons (Fsp3) is 0.385. The van der Waals surface area contributed by atoms with Crippen molar-refractivity contribution in [3.63, 3.8) is 0 Å². The van der Waals surface area contributed by atoms with Crippen LogP contribution in [0.15, 0.2) is 48.7 Å². The zero-order valence-corrected chi connectivity index (χ0v) is 18.6. The van der Waals surface area contributed by atoms with E-state index in [1.165, 1.54) is 36.4 Å². The van der Waals surface area contributed by atoms with E-state index in [0.717, 1.165) is 12.8 Å². The number of carbonyl (C=O) groups is 2. The van der Waals surface area contributed by atoms with E-state index in [4.69, 9.17) is 5.11 Å². The number of hydrogen-bond donors (Lipinski definition) is 1. The van der Waals surface area contributed by atoms with Crippen LogP contribution >= 0.6 is 0 Å². The van der Waals surface area contributed by atoms with Crippen molar-refractivity contribution in [3.05, 3.63) is 65.6 Å². The molecule has 1 aromatic heterocycles. The van der Waals surface area contributed by atoms with Gasteiger partial charge >= 0.3 is 12.3 Å². The summed E-state index contributed by atoms with van der Waals surface area (Å²) in [7, 11) is 0. The second kappa shape index (κ2) is 8.39. The van der Waals surface area contributed by atoms with E-state index >= 15 is 0 Å². The Bertz CT molecular complexity index is 1280. The molecule has 2 fully saturated rings. The number of carboxylic acid groups (broad SMARTS) is 1. The molecule has 0 saturated heterocycles. The van der Waals surface area contributed by atoms with E-state index in [1.807, 2.05) is 0 Å². The molecule has 1 N–H and O–H groups in total. The van der Waals surface area contributed by atoms with Crippen LogP contribution in [0.4, 0.5) is 17.6 Å². The smallest absolute Gasteiger partial charge is 0.481 e. The Kier molecular flexibility index (Phi) is 5.61.